The van der Waals surface area contributed by atoms with Gasteiger partial charge in [0.25, 0.3) is 0 Å². The zero-order valence-corrected chi connectivity index (χ0v) is 19.4. The van der Waals surface area contributed by atoms with E-state index in [1.165, 1.54) is 0 Å². The molecule has 0 spiro atoms. The Morgan fingerprint density at radius 3 is 2.41 bits per heavy atom. The molecule has 0 radical (unpaired) electrons. The van der Waals surface area contributed by atoms with Crippen LogP contribution in [-0.4, -0.2) is 39.1 Å². The number of aliphatic hydroxyl groups excluding tert-OH is 1. The quantitative estimate of drug-likeness (QED) is 0.602. The van der Waals surface area contributed by atoms with Crippen LogP contribution in [0.3, 0.4) is 0 Å². The van der Waals surface area contributed by atoms with Gasteiger partial charge in [-0.15, -0.1) is 0 Å². The third-order valence-corrected chi connectivity index (χ3v) is 7.39. The van der Waals surface area contributed by atoms with Gasteiger partial charge in [0.1, 0.15) is 0 Å². The predicted molar refractivity (Wildman–Crippen MR) is 124 cm³/mol. The van der Waals surface area contributed by atoms with Crippen LogP contribution in [0.15, 0.2) is 48.5 Å². The first-order valence-corrected chi connectivity index (χ1v) is 11.7. The van der Waals surface area contributed by atoms with Crippen LogP contribution in [0.2, 0.25) is 10.0 Å². The van der Waals surface area contributed by atoms with Gasteiger partial charge in [0.05, 0.1) is 24.0 Å². The molecule has 1 saturated heterocycles. The molecule has 2 N–H and O–H groups in total. The van der Waals surface area contributed by atoms with Gasteiger partial charge in [-0.3, -0.25) is 9.59 Å². The third-order valence-electron chi connectivity index (χ3n) is 6.90. The highest BCUT2D eigenvalue weighted by atomic mass is 35.5. The Hall–Kier alpha value is -2.08. The molecule has 2 aromatic carbocycles. The largest absolute Gasteiger partial charge is 0.481 e. The molecule has 1 aliphatic heterocycles. The van der Waals surface area contributed by atoms with Crippen molar-refractivity contribution in [1.29, 1.82) is 0 Å². The van der Waals surface area contributed by atoms with Gasteiger partial charge in [0.15, 0.2) is 0 Å². The van der Waals surface area contributed by atoms with Crippen LogP contribution in [0.4, 0.5) is 0 Å². The lowest BCUT2D eigenvalue weighted by Crippen LogP contribution is -2.55. The van der Waals surface area contributed by atoms with Gasteiger partial charge in [-0.25, -0.2) is 0 Å². The van der Waals surface area contributed by atoms with Crippen molar-refractivity contribution in [3.8, 4) is 0 Å². The summed E-state index contributed by atoms with van der Waals surface area (Å²) in [7, 11) is 0. The molecule has 1 heterocycles. The van der Waals surface area contributed by atoms with Crippen LogP contribution in [0, 0.1) is 5.41 Å². The SMILES string of the molecule is C[C@]1(CC(=O)O)CC(c2cccc(Cl)c2)[C@@H](c2ccc(Cl)cc2)N([C@H]2CC[C@H](O)C2)C1=O. The normalized spacial score (nSPS) is 30.5. The van der Waals surface area contributed by atoms with Crippen molar-refractivity contribution in [2.75, 3.05) is 0 Å². The van der Waals surface area contributed by atoms with E-state index < -0.39 is 17.5 Å². The number of carbonyl (C=O) groups is 2. The number of rotatable bonds is 5. The van der Waals surface area contributed by atoms with Gasteiger partial charge in [0, 0.05) is 22.0 Å². The number of piperidine rings is 1. The lowest BCUT2D eigenvalue weighted by molar-refractivity contribution is -0.160. The molecule has 0 aromatic heterocycles. The van der Waals surface area contributed by atoms with Crippen molar-refractivity contribution in [3.63, 3.8) is 0 Å². The Bertz CT molecular complexity index is 1010. The van der Waals surface area contributed by atoms with Crippen LogP contribution in [0.5, 0.6) is 0 Å². The second-order valence-corrected chi connectivity index (χ2v) is 10.2. The van der Waals surface area contributed by atoms with Crippen molar-refractivity contribution >= 4 is 35.1 Å². The number of halogens is 2. The minimum absolute atomic E-state index is 0.158. The molecule has 5 atom stereocenters. The summed E-state index contributed by atoms with van der Waals surface area (Å²) in [4.78, 5) is 27.5. The van der Waals surface area contributed by atoms with E-state index >= 15 is 0 Å². The molecule has 1 unspecified atom stereocenters. The van der Waals surface area contributed by atoms with E-state index in [1.807, 2.05) is 47.4 Å². The monoisotopic (exact) mass is 475 g/mol. The molecule has 2 aromatic rings. The van der Waals surface area contributed by atoms with E-state index in [-0.39, 0.29) is 30.3 Å². The summed E-state index contributed by atoms with van der Waals surface area (Å²) in [5, 5.41) is 21.0. The first-order chi connectivity index (χ1) is 15.2. The van der Waals surface area contributed by atoms with Crippen LogP contribution in [0.25, 0.3) is 0 Å². The average molecular weight is 476 g/mol. The fraction of sp³-hybridized carbons (Fsp3) is 0.440. The fourth-order valence-corrected chi connectivity index (χ4v) is 5.79. The first kappa shape index (κ1) is 23.1. The van der Waals surface area contributed by atoms with Gasteiger partial charge in [-0.1, -0.05) is 54.4 Å². The Labute approximate surface area is 197 Å². The maximum absolute atomic E-state index is 13.9. The van der Waals surface area contributed by atoms with Gasteiger partial charge in [-0.05, 0) is 61.1 Å². The smallest absolute Gasteiger partial charge is 0.304 e. The molecule has 0 bridgehead atoms. The summed E-state index contributed by atoms with van der Waals surface area (Å²) in [6, 6.07) is 14.6. The van der Waals surface area contributed by atoms with Crippen molar-refractivity contribution in [2.24, 2.45) is 5.41 Å². The zero-order chi connectivity index (χ0) is 23.0. The van der Waals surface area contributed by atoms with E-state index in [0.717, 1.165) is 11.1 Å². The molecule has 7 heteroatoms. The Morgan fingerprint density at radius 2 is 1.81 bits per heavy atom. The number of carboxylic acid groups (broad SMARTS) is 1. The number of benzene rings is 2. The summed E-state index contributed by atoms with van der Waals surface area (Å²) in [6.45, 7) is 1.75. The minimum Gasteiger partial charge on any atom is -0.481 e. The number of hydrogen-bond donors (Lipinski definition) is 2. The highest BCUT2D eigenvalue weighted by molar-refractivity contribution is 6.30. The van der Waals surface area contributed by atoms with Crippen LogP contribution in [-0.2, 0) is 9.59 Å². The van der Waals surface area contributed by atoms with Crippen LogP contribution < -0.4 is 0 Å². The standard InChI is InChI=1S/C25H27Cl2NO4/c1-25(14-22(30)31)13-21(16-3-2-4-18(27)11-16)23(15-5-7-17(26)8-6-15)28(24(25)32)19-9-10-20(29)12-19/h2-8,11,19-21,23,29H,9-10,12-14H2,1H3,(H,30,31)/t19-,20-,21?,23+,25+/m0/s1. The number of carbonyl (C=O) groups excluding carboxylic acids is 1. The van der Waals surface area contributed by atoms with E-state index in [2.05, 4.69) is 0 Å². The Kier molecular flexibility index (Phi) is 6.53. The number of aliphatic hydroxyl groups is 1. The number of nitrogens with zero attached hydrogens (tertiary/aromatic N) is 1. The number of aliphatic carboxylic acids is 1. The van der Waals surface area contributed by atoms with E-state index in [4.69, 9.17) is 23.2 Å². The number of likely N-dealkylation sites (tertiary alicyclic amines) is 1. The molecule has 2 fully saturated rings. The molecular formula is C25H27Cl2NO4. The predicted octanol–water partition coefficient (Wildman–Crippen LogP) is 5.45. The van der Waals surface area contributed by atoms with Crippen LogP contribution >= 0.6 is 23.2 Å². The fourth-order valence-electron chi connectivity index (χ4n) is 5.47. The van der Waals surface area contributed by atoms with Crippen molar-refractivity contribution in [3.05, 3.63) is 69.7 Å². The van der Waals surface area contributed by atoms with Gasteiger partial charge in [-0.2, -0.15) is 0 Å². The number of amides is 1. The summed E-state index contributed by atoms with van der Waals surface area (Å²) in [5.74, 6) is -1.33. The van der Waals surface area contributed by atoms with Crippen molar-refractivity contribution < 1.29 is 19.8 Å². The molecule has 2 aliphatic rings. The average Bonchev–Trinajstić information content (AvgIpc) is 3.16. The lowest BCUT2D eigenvalue weighted by Gasteiger charge is -2.51. The van der Waals surface area contributed by atoms with E-state index in [0.29, 0.717) is 35.7 Å². The summed E-state index contributed by atoms with van der Waals surface area (Å²) in [5.41, 5.74) is 0.839. The molecule has 1 amide bonds. The molecule has 4 rings (SSSR count). The summed E-state index contributed by atoms with van der Waals surface area (Å²) >= 11 is 12.5. The maximum atomic E-state index is 13.9. The minimum atomic E-state index is -1.06. The second kappa shape index (κ2) is 9.05. The van der Waals surface area contributed by atoms with Gasteiger partial charge in [0.2, 0.25) is 5.91 Å². The van der Waals surface area contributed by atoms with Gasteiger partial charge >= 0.3 is 5.97 Å². The van der Waals surface area contributed by atoms with Crippen LogP contribution in [0.1, 0.15) is 62.1 Å². The Morgan fingerprint density at radius 1 is 1.09 bits per heavy atom. The van der Waals surface area contributed by atoms with Crippen molar-refractivity contribution in [1.82, 2.24) is 4.90 Å². The highest BCUT2D eigenvalue weighted by Crippen LogP contribution is 2.53. The Balaban J connectivity index is 1.88. The zero-order valence-electron chi connectivity index (χ0n) is 17.9. The molecular weight excluding hydrogens is 449 g/mol. The third kappa shape index (κ3) is 4.52. The second-order valence-electron chi connectivity index (χ2n) is 9.33. The van der Waals surface area contributed by atoms with E-state index in [1.54, 1.807) is 13.0 Å². The van der Waals surface area contributed by atoms with Gasteiger partial charge < -0.3 is 15.1 Å². The highest BCUT2D eigenvalue weighted by Gasteiger charge is 2.53. The first-order valence-electron chi connectivity index (χ1n) is 10.9. The molecule has 1 aliphatic carbocycles. The van der Waals surface area contributed by atoms with Crippen molar-refractivity contribution in [2.45, 2.75) is 63.1 Å². The molecule has 5 nitrogen and oxygen atoms in total. The van der Waals surface area contributed by atoms with E-state index in [9.17, 15) is 19.8 Å². The molecule has 32 heavy (non-hydrogen) atoms. The molecule has 170 valence electrons. The topological polar surface area (TPSA) is 77.8 Å². The number of carboxylic acids is 1. The summed E-state index contributed by atoms with van der Waals surface area (Å²) in [6.07, 6.45) is 1.47. The lowest BCUT2D eigenvalue weighted by atomic mass is 9.67. The summed E-state index contributed by atoms with van der Waals surface area (Å²) < 4.78 is 0. The number of hydrogen-bond acceptors (Lipinski definition) is 3. The molecule has 1 saturated carbocycles. The maximum Gasteiger partial charge on any atom is 0.304 e.